The quantitative estimate of drug-likeness (QED) is 0.718. The van der Waals surface area contributed by atoms with Gasteiger partial charge in [-0.2, -0.15) is 4.31 Å². The lowest BCUT2D eigenvalue weighted by Crippen LogP contribution is -2.51. The van der Waals surface area contributed by atoms with Crippen LogP contribution in [0.15, 0.2) is 59.5 Å². The summed E-state index contributed by atoms with van der Waals surface area (Å²) in [6, 6.07) is 15.9. The third-order valence-electron chi connectivity index (χ3n) is 4.83. The van der Waals surface area contributed by atoms with Crippen molar-refractivity contribution in [3.63, 3.8) is 0 Å². The molecule has 1 fully saturated rings. The van der Waals surface area contributed by atoms with E-state index in [1.54, 1.807) is 42.3 Å². The van der Waals surface area contributed by atoms with E-state index in [-0.39, 0.29) is 12.5 Å². The number of carbonyl (C=O) groups is 1. The third-order valence-corrected chi connectivity index (χ3v) is 6.99. The molecule has 2 aromatic rings. The number of rotatable bonds is 6. The molecule has 0 unspecified atom stereocenters. The summed E-state index contributed by atoms with van der Waals surface area (Å²) in [7, 11) is -1.70. The highest BCUT2D eigenvalue weighted by atomic mass is 35.5. The highest BCUT2D eigenvalue weighted by Gasteiger charge is 2.29. The average molecular weight is 422 g/mol. The Kier molecular flexibility index (Phi) is 6.72. The molecule has 0 bridgehead atoms. The monoisotopic (exact) mass is 421 g/mol. The van der Waals surface area contributed by atoms with Gasteiger partial charge in [-0.25, -0.2) is 8.42 Å². The Morgan fingerprint density at radius 3 is 2.21 bits per heavy atom. The molecule has 2 aromatic carbocycles. The number of nitrogens with zero attached hydrogens (tertiary/aromatic N) is 3. The lowest BCUT2D eigenvalue weighted by Gasteiger charge is -2.34. The van der Waals surface area contributed by atoms with Gasteiger partial charge in [-0.3, -0.25) is 9.69 Å². The fourth-order valence-corrected chi connectivity index (χ4v) is 4.70. The maximum Gasteiger partial charge on any atom is 0.243 e. The molecule has 28 heavy (non-hydrogen) atoms. The summed E-state index contributed by atoms with van der Waals surface area (Å²) in [6.07, 6.45) is 0. The van der Waals surface area contributed by atoms with Gasteiger partial charge in [-0.05, 0) is 29.8 Å². The van der Waals surface area contributed by atoms with E-state index in [1.807, 2.05) is 29.2 Å². The van der Waals surface area contributed by atoms with Crippen molar-refractivity contribution in [2.45, 2.75) is 11.4 Å². The minimum absolute atomic E-state index is 0.00863. The third kappa shape index (κ3) is 5.11. The molecule has 0 N–H and O–H groups in total. The lowest BCUT2D eigenvalue weighted by atomic mass is 10.2. The molecule has 1 amide bonds. The smallest absolute Gasteiger partial charge is 0.243 e. The molecular formula is C20H24ClN3O3S. The van der Waals surface area contributed by atoms with E-state index >= 15 is 0 Å². The van der Waals surface area contributed by atoms with Gasteiger partial charge < -0.3 is 4.90 Å². The van der Waals surface area contributed by atoms with Gasteiger partial charge in [0.2, 0.25) is 15.9 Å². The fraction of sp³-hybridized carbons (Fsp3) is 0.350. The van der Waals surface area contributed by atoms with E-state index in [4.69, 9.17) is 11.6 Å². The topological polar surface area (TPSA) is 60.9 Å². The second-order valence-electron chi connectivity index (χ2n) is 6.87. The SMILES string of the molecule is CN(Cc1ccc(Cl)cc1)C(=O)CN1CCN(S(=O)(=O)c2ccccc2)CC1. The van der Waals surface area contributed by atoms with Gasteiger partial charge in [0.25, 0.3) is 0 Å². The molecule has 8 heteroatoms. The summed E-state index contributed by atoms with van der Waals surface area (Å²) < 4.78 is 26.8. The number of benzene rings is 2. The normalized spacial score (nSPS) is 16.1. The van der Waals surface area contributed by atoms with E-state index < -0.39 is 10.0 Å². The van der Waals surface area contributed by atoms with Crippen LogP contribution < -0.4 is 0 Å². The van der Waals surface area contributed by atoms with Crippen LogP contribution in [-0.4, -0.2) is 68.2 Å². The number of piperazine rings is 1. The van der Waals surface area contributed by atoms with Crippen LogP contribution in [-0.2, 0) is 21.4 Å². The van der Waals surface area contributed by atoms with Crippen molar-refractivity contribution in [3.05, 3.63) is 65.2 Å². The van der Waals surface area contributed by atoms with Gasteiger partial charge >= 0.3 is 0 Å². The van der Waals surface area contributed by atoms with Crippen LogP contribution >= 0.6 is 11.6 Å². The van der Waals surface area contributed by atoms with Crippen LogP contribution in [0.25, 0.3) is 0 Å². The molecule has 0 saturated carbocycles. The minimum atomic E-state index is -3.47. The first-order valence-corrected chi connectivity index (χ1v) is 10.9. The summed E-state index contributed by atoms with van der Waals surface area (Å²) in [6.45, 7) is 2.62. The van der Waals surface area contributed by atoms with E-state index in [0.29, 0.717) is 42.6 Å². The standard InChI is InChI=1S/C20H24ClN3O3S/c1-22(15-17-7-9-18(21)10-8-17)20(25)16-23-11-13-24(14-12-23)28(26,27)19-5-3-2-4-6-19/h2-10H,11-16H2,1H3. The molecule has 1 saturated heterocycles. The second kappa shape index (κ2) is 9.05. The van der Waals surface area contributed by atoms with Crippen LogP contribution in [0.3, 0.4) is 0 Å². The maximum absolute atomic E-state index is 12.7. The molecule has 1 aliphatic heterocycles. The molecule has 0 radical (unpaired) electrons. The zero-order chi connectivity index (χ0) is 20.1. The second-order valence-corrected chi connectivity index (χ2v) is 9.24. The van der Waals surface area contributed by atoms with Gasteiger partial charge in [0.05, 0.1) is 11.4 Å². The van der Waals surface area contributed by atoms with Gasteiger partial charge in [0, 0.05) is 44.8 Å². The number of likely N-dealkylation sites (N-methyl/N-ethyl adjacent to an activating group) is 1. The Morgan fingerprint density at radius 1 is 1.00 bits per heavy atom. The van der Waals surface area contributed by atoms with Crippen molar-refractivity contribution in [2.24, 2.45) is 0 Å². The predicted molar refractivity (Wildman–Crippen MR) is 110 cm³/mol. The van der Waals surface area contributed by atoms with Crippen LogP contribution in [0, 0.1) is 0 Å². The number of carbonyl (C=O) groups excluding carboxylic acids is 1. The number of hydrogen-bond acceptors (Lipinski definition) is 4. The molecule has 3 rings (SSSR count). The molecule has 0 atom stereocenters. The molecule has 1 aliphatic rings. The summed E-state index contributed by atoms with van der Waals surface area (Å²) in [5.74, 6) is 0.00863. The molecular weight excluding hydrogens is 398 g/mol. The van der Waals surface area contributed by atoms with Gasteiger partial charge in [0.1, 0.15) is 0 Å². The number of halogens is 1. The van der Waals surface area contributed by atoms with Gasteiger partial charge in [0.15, 0.2) is 0 Å². The minimum Gasteiger partial charge on any atom is -0.340 e. The zero-order valence-electron chi connectivity index (χ0n) is 15.8. The first-order chi connectivity index (χ1) is 13.4. The van der Waals surface area contributed by atoms with Gasteiger partial charge in [-0.15, -0.1) is 0 Å². The average Bonchev–Trinajstić information content (AvgIpc) is 2.70. The Balaban J connectivity index is 1.51. The summed E-state index contributed by atoms with van der Waals surface area (Å²) >= 11 is 5.89. The molecule has 0 aliphatic carbocycles. The van der Waals surface area contributed by atoms with E-state index in [9.17, 15) is 13.2 Å². The van der Waals surface area contributed by atoms with E-state index in [2.05, 4.69) is 0 Å². The fourth-order valence-electron chi connectivity index (χ4n) is 3.13. The van der Waals surface area contributed by atoms with Crippen LogP contribution in [0.2, 0.25) is 5.02 Å². The van der Waals surface area contributed by atoms with E-state index in [1.165, 1.54) is 4.31 Å². The Bertz CT molecular complexity index is 896. The van der Waals surface area contributed by atoms with Crippen molar-refractivity contribution in [1.82, 2.24) is 14.1 Å². The van der Waals surface area contributed by atoms with Crippen molar-refractivity contribution in [2.75, 3.05) is 39.8 Å². The van der Waals surface area contributed by atoms with Crippen LogP contribution in [0.5, 0.6) is 0 Å². The summed E-state index contributed by atoms with van der Waals surface area (Å²) in [4.78, 5) is 16.5. The zero-order valence-corrected chi connectivity index (χ0v) is 17.4. The van der Waals surface area contributed by atoms with Gasteiger partial charge in [-0.1, -0.05) is 41.9 Å². The highest BCUT2D eigenvalue weighted by Crippen LogP contribution is 2.17. The Hall–Kier alpha value is -1.93. The molecule has 150 valence electrons. The predicted octanol–water partition coefficient (Wildman–Crippen LogP) is 2.30. The molecule has 6 nitrogen and oxygen atoms in total. The number of hydrogen-bond donors (Lipinski definition) is 0. The molecule has 1 heterocycles. The van der Waals surface area contributed by atoms with Crippen molar-refractivity contribution in [1.29, 1.82) is 0 Å². The van der Waals surface area contributed by atoms with Crippen molar-refractivity contribution < 1.29 is 13.2 Å². The lowest BCUT2D eigenvalue weighted by molar-refractivity contribution is -0.131. The summed E-state index contributed by atoms with van der Waals surface area (Å²) in [5.41, 5.74) is 1.01. The Morgan fingerprint density at radius 2 is 1.61 bits per heavy atom. The first-order valence-electron chi connectivity index (χ1n) is 9.12. The van der Waals surface area contributed by atoms with Crippen LogP contribution in [0.4, 0.5) is 0 Å². The van der Waals surface area contributed by atoms with Crippen molar-refractivity contribution >= 4 is 27.5 Å². The number of sulfonamides is 1. The van der Waals surface area contributed by atoms with E-state index in [0.717, 1.165) is 5.56 Å². The van der Waals surface area contributed by atoms with Crippen molar-refractivity contribution in [3.8, 4) is 0 Å². The maximum atomic E-state index is 12.7. The highest BCUT2D eigenvalue weighted by molar-refractivity contribution is 7.89. The number of amides is 1. The molecule has 0 spiro atoms. The van der Waals surface area contributed by atoms with Crippen LogP contribution in [0.1, 0.15) is 5.56 Å². The Labute approximate surface area is 171 Å². The molecule has 0 aromatic heterocycles. The largest absolute Gasteiger partial charge is 0.340 e. The summed E-state index contributed by atoms with van der Waals surface area (Å²) in [5, 5.41) is 0.668. The first kappa shape index (κ1) is 20.8.